The highest BCUT2D eigenvalue weighted by molar-refractivity contribution is 8.44. The van der Waals surface area contributed by atoms with Gasteiger partial charge in [-0.1, -0.05) is 67.4 Å². The van der Waals surface area contributed by atoms with Gasteiger partial charge in [0.25, 0.3) is 5.91 Å². The maximum absolute atomic E-state index is 16.5. The van der Waals surface area contributed by atoms with Crippen molar-refractivity contribution in [2.75, 3.05) is 42.8 Å². The molecule has 0 spiro atoms. The van der Waals surface area contributed by atoms with Crippen molar-refractivity contribution < 1.29 is 97.5 Å². The number of halogens is 3. The number of amides is 1. The molecule has 10 aromatic rings. The molecule has 6 saturated heterocycles. The Balaban J connectivity index is 0.000000175. The molecule has 6 aliphatic rings. The topological polar surface area (TPSA) is 450 Å². The summed E-state index contributed by atoms with van der Waals surface area (Å²) in [7, 11) is 0. The van der Waals surface area contributed by atoms with Gasteiger partial charge >= 0.3 is 27.0 Å². The highest BCUT2D eigenvalue weighted by Gasteiger charge is 2.56. The largest absolute Gasteiger partial charge is 0.386 e. The van der Waals surface area contributed by atoms with E-state index in [1.165, 1.54) is 62.6 Å². The standard InChI is InChI=1S/C35H32F2N10O9P2S2.C21H24FN9O9P2S2/c1-18(19-8-4-2-5-9-19)44-29-25-31(40-14-38-29)46(16-42-25)34-23(36)27-21(53-34)12-51-58(50,60)56-28-22(13-52-57(49,59)55-27)54-35(24(28)37)47-17-43-26-30(39-15-41-32(26)47)45-33(48)20-10-6-3-7-11-20;1-8-12-18(26-4-24-8)31(6-28-12)21-14(32)16-10(38-21)3-36-41(33,43)39-15-9(2-35-42(34,44)40-16)37-20(11(15)22)30-7-29-13-17(23)25-5-27-19(13)30/h2-11,14-17,21-24,27-28,34-35H,1,12-13H2,(H,49,59)(H,50,60)(H,38,40,44)(H,39,41,45,48);4-7,9-11,14-16,20-21,32H,2-3H2,1H3,(H,33,43)(H,34,44)(H2,23,25,27)/t21-,22-,23-,24-,27-,28-,34-,35-,57?,58?;9-,10-,11-,14-,15-,16-,20-,21-,41?,42?/m11/s1. The minimum atomic E-state index is -4.48. The lowest BCUT2D eigenvalue weighted by molar-refractivity contribution is -0.0589. The number of imidazole rings is 4. The zero-order chi connectivity index (χ0) is 72.7. The molecule has 48 heteroatoms. The number of carbonyl (C=O) groups excluding carboxylic acids is 1. The third-order valence-electron chi connectivity index (χ3n) is 17.1. The smallest absolute Gasteiger partial charge is 0.386 e. The molecule has 0 radical (unpaired) electrons. The van der Waals surface area contributed by atoms with E-state index in [1.54, 1.807) is 37.3 Å². The number of aryl methyl sites for hydroxylation is 1. The van der Waals surface area contributed by atoms with Gasteiger partial charge in [-0.25, -0.2) is 77.5 Å². The Morgan fingerprint density at radius 2 is 0.894 bits per heavy atom. The van der Waals surface area contributed by atoms with E-state index in [0.717, 1.165) is 11.9 Å². The molecular weight excluding hydrogens is 1540 g/mol. The van der Waals surface area contributed by atoms with E-state index >= 15 is 13.2 Å². The van der Waals surface area contributed by atoms with E-state index in [4.69, 9.17) is 96.3 Å². The molecule has 6 fully saturated rings. The molecule has 0 bridgehead atoms. The highest BCUT2D eigenvalue weighted by Crippen LogP contribution is 2.60. The maximum Gasteiger partial charge on any atom is 0.386 e. The fourth-order valence-corrected chi connectivity index (χ4v) is 18.1. The molecule has 2 aromatic carbocycles. The normalized spacial score (nSPS) is 34.0. The number of nitrogen functional groups attached to an aromatic ring is 1. The number of thiol groups is 1. The molecule has 1 amide bonds. The molecular formula is C56H56F3N19O18P4S4. The zero-order valence-electron chi connectivity index (χ0n) is 53.0. The van der Waals surface area contributed by atoms with E-state index in [0.29, 0.717) is 28.1 Å². The number of carbonyl (C=O) groups is 1. The predicted octanol–water partition coefficient (Wildman–Crippen LogP) is 5.85. The van der Waals surface area contributed by atoms with Crippen LogP contribution in [0.3, 0.4) is 0 Å². The SMILES string of the molecule is C=C(Nc1ncnc2c1ncn2[C@@H]1O[C@@H]2COP(O)(=S)O[C@H]3[C@@H](F)[C@H](n4cnc5c(NC(=O)c6ccccc6)ncnc54)O[C@@H]3COP(=O)(S)O[C@H]2[C@H]1F)c1ccccc1.Cc1ncnc2c1ncn2[C@@H]1O[C@@H]2COP(O)(=S)O[C@H]3[C@@H](F)[C@H](n4cnc5c(N)ncnc54)O[C@@H]3COP(O)(=S)O[C@H]2[C@H]1O. The van der Waals surface area contributed by atoms with E-state index in [2.05, 4.69) is 89.3 Å². The third-order valence-corrected chi connectivity index (χ3v) is 23.4. The Hall–Kier alpha value is -6.87. The van der Waals surface area contributed by atoms with E-state index in [1.807, 2.05) is 30.3 Å². The molecule has 8 N–H and O–H groups in total. The van der Waals surface area contributed by atoms with Crippen molar-refractivity contribution in [2.45, 2.75) is 105 Å². The number of rotatable bonds is 9. The van der Waals surface area contributed by atoms with Gasteiger partial charge in [0.2, 0.25) is 0 Å². The summed E-state index contributed by atoms with van der Waals surface area (Å²) in [6.45, 7) is -13.8. The van der Waals surface area contributed by atoms with Crippen LogP contribution in [-0.2, 0) is 95.1 Å². The van der Waals surface area contributed by atoms with Gasteiger partial charge in [0.15, 0.2) is 94.5 Å². The number of hydrogen-bond donors (Lipinski definition) is 8. The second-order valence-corrected chi connectivity index (χ2v) is 34.9. The molecule has 104 heavy (non-hydrogen) atoms. The Morgan fingerprint density at radius 1 is 0.519 bits per heavy atom. The van der Waals surface area contributed by atoms with Crippen LogP contribution in [0, 0.1) is 6.92 Å². The van der Waals surface area contributed by atoms with Gasteiger partial charge < -0.3 is 68.7 Å². The van der Waals surface area contributed by atoms with Gasteiger partial charge in [-0.3, -0.25) is 45.7 Å². The third kappa shape index (κ3) is 14.5. The molecule has 16 rings (SSSR count). The number of ether oxygens (including phenoxy) is 4. The summed E-state index contributed by atoms with van der Waals surface area (Å²) < 4.78 is 137. The Kier molecular flexibility index (Phi) is 20.3. The van der Waals surface area contributed by atoms with Crippen molar-refractivity contribution in [1.29, 1.82) is 0 Å². The first-order chi connectivity index (χ1) is 49.8. The number of nitrogens with two attached hydrogens (primary N) is 1. The summed E-state index contributed by atoms with van der Waals surface area (Å²) in [6.07, 6.45) is -14.4. The average molecular weight is 1590 g/mol. The van der Waals surface area contributed by atoms with E-state index in [-0.39, 0.29) is 50.9 Å². The van der Waals surface area contributed by atoms with Crippen LogP contribution in [0.15, 0.2) is 118 Å². The van der Waals surface area contributed by atoms with Gasteiger partial charge in [-0.05, 0) is 60.0 Å². The number of anilines is 3. The Labute approximate surface area is 603 Å². The molecule has 37 nitrogen and oxygen atoms in total. The van der Waals surface area contributed by atoms with Crippen LogP contribution in [0.1, 0.15) is 46.5 Å². The van der Waals surface area contributed by atoms with Gasteiger partial charge in [0.1, 0.15) is 91.3 Å². The van der Waals surface area contributed by atoms with Crippen molar-refractivity contribution in [1.82, 2.24) is 78.1 Å². The fraction of sp³-hybridized carbons (Fsp3) is 0.375. The Bertz CT molecular complexity index is 4830. The summed E-state index contributed by atoms with van der Waals surface area (Å²) in [5.41, 5.74) is 9.97. The lowest BCUT2D eigenvalue weighted by Crippen LogP contribution is -2.38. The van der Waals surface area contributed by atoms with Crippen molar-refractivity contribution in [3.63, 3.8) is 0 Å². The molecule has 4 unspecified atom stereocenters. The second-order valence-electron chi connectivity index (χ2n) is 23.7. The predicted molar refractivity (Wildman–Crippen MR) is 370 cm³/mol. The molecule has 8 aromatic heterocycles. The number of nitrogens with zero attached hydrogens (tertiary/aromatic N) is 16. The quantitative estimate of drug-likeness (QED) is 0.0621. The first kappa shape index (κ1) is 72.7. The highest BCUT2D eigenvalue weighted by atomic mass is 32.7. The zero-order valence-corrected chi connectivity index (χ0v) is 59.9. The van der Waals surface area contributed by atoms with Crippen LogP contribution in [0.25, 0.3) is 50.4 Å². The van der Waals surface area contributed by atoms with Gasteiger partial charge in [0.05, 0.1) is 57.4 Å². The van der Waals surface area contributed by atoms with Crippen LogP contribution in [0.4, 0.5) is 30.6 Å². The average Bonchev–Trinajstić information content (AvgIpc) is 1.62. The van der Waals surface area contributed by atoms with Crippen LogP contribution in [0.5, 0.6) is 0 Å². The summed E-state index contributed by atoms with van der Waals surface area (Å²) in [5.74, 6) is -0.0661. The van der Waals surface area contributed by atoms with Gasteiger partial charge in [-0.15, -0.1) is 0 Å². The Morgan fingerprint density at radius 3 is 1.40 bits per heavy atom. The van der Waals surface area contributed by atoms with Crippen molar-refractivity contribution >= 4 is 148 Å². The van der Waals surface area contributed by atoms with Crippen LogP contribution in [0.2, 0.25) is 0 Å². The van der Waals surface area contributed by atoms with E-state index < -0.39 is 158 Å². The number of hydrogen-bond acceptors (Lipinski definition) is 32. The van der Waals surface area contributed by atoms with Crippen molar-refractivity contribution in [3.8, 4) is 0 Å². The summed E-state index contributed by atoms with van der Waals surface area (Å²) in [5, 5.41) is 17.1. The molecule has 0 aliphatic carbocycles. The molecule has 6 aliphatic heterocycles. The number of aliphatic hydroxyl groups excluding tert-OH is 1. The number of fused-ring (bicyclic) bond motifs is 8. The number of nitrogens with one attached hydrogen (secondary N) is 2. The van der Waals surface area contributed by atoms with E-state index in [9.17, 15) is 29.1 Å². The summed E-state index contributed by atoms with van der Waals surface area (Å²) >= 11 is 19.8. The number of aromatic nitrogens is 16. The lowest BCUT2D eigenvalue weighted by atomic mass is 10.1. The molecule has 0 saturated carbocycles. The van der Waals surface area contributed by atoms with Gasteiger partial charge in [0, 0.05) is 11.3 Å². The lowest BCUT2D eigenvalue weighted by Gasteiger charge is -2.30. The first-order valence-corrected chi connectivity index (χ1v) is 41.4. The minimum absolute atomic E-state index is 0.0436. The monoisotopic (exact) mass is 1590 g/mol. The van der Waals surface area contributed by atoms with Crippen molar-refractivity contribution in [3.05, 3.63) is 135 Å². The number of benzene rings is 2. The summed E-state index contributed by atoms with van der Waals surface area (Å²) in [4.78, 5) is 96.3. The molecule has 548 valence electrons. The first-order valence-electron chi connectivity index (χ1n) is 30.9. The molecule has 20 atom stereocenters. The fourth-order valence-electron chi connectivity index (χ4n) is 12.2. The van der Waals surface area contributed by atoms with Crippen LogP contribution >= 0.6 is 39.2 Å². The second kappa shape index (κ2) is 29.0. The van der Waals surface area contributed by atoms with Gasteiger partial charge in [-0.2, -0.15) is 0 Å². The minimum Gasteiger partial charge on any atom is -0.386 e. The number of alkyl halides is 3. The van der Waals surface area contributed by atoms with Crippen molar-refractivity contribution in [2.24, 2.45) is 0 Å². The van der Waals surface area contributed by atoms with Crippen LogP contribution in [-0.4, -0.2) is 204 Å². The summed E-state index contributed by atoms with van der Waals surface area (Å²) in [6, 6.07) is 17.7. The van der Waals surface area contributed by atoms with Crippen LogP contribution < -0.4 is 16.4 Å². The molecule has 14 heterocycles. The maximum atomic E-state index is 16.5. The number of aliphatic hydroxyl groups is 1.